The Morgan fingerprint density at radius 3 is 2.75 bits per heavy atom. The van der Waals surface area contributed by atoms with Crippen LogP contribution >= 0.6 is 0 Å². The van der Waals surface area contributed by atoms with E-state index < -0.39 is 0 Å². The van der Waals surface area contributed by atoms with E-state index in [-0.39, 0.29) is 17.2 Å². The van der Waals surface area contributed by atoms with Crippen molar-refractivity contribution < 1.29 is 23.3 Å². The molecule has 1 unspecified atom stereocenters. The summed E-state index contributed by atoms with van der Waals surface area (Å²) in [6.45, 7) is 7.18. The van der Waals surface area contributed by atoms with Crippen molar-refractivity contribution in [2.24, 2.45) is 0 Å². The van der Waals surface area contributed by atoms with E-state index in [0.717, 1.165) is 68.9 Å². The summed E-state index contributed by atoms with van der Waals surface area (Å²) in [5.74, 6) is 2.58. The van der Waals surface area contributed by atoms with Crippen molar-refractivity contribution in [3.05, 3.63) is 28.7 Å². The molecule has 0 radical (unpaired) electrons. The maximum atomic E-state index is 13.1. The van der Waals surface area contributed by atoms with Gasteiger partial charge in [-0.1, -0.05) is 10.3 Å². The minimum atomic E-state index is -0.347. The molecule has 0 aliphatic carbocycles. The topological polar surface area (TPSA) is 104 Å². The number of aryl methyl sites for hydroxylation is 2. The number of nitrogens with zero attached hydrogens (tertiary/aromatic N) is 4. The fourth-order valence-electron chi connectivity index (χ4n) is 4.95. The number of hydrogen-bond acceptors (Lipinski definition) is 8. The fourth-order valence-corrected chi connectivity index (χ4v) is 4.95. The number of ether oxygens (including phenoxy) is 2. The molecule has 2 saturated heterocycles. The molecule has 0 spiro atoms. The smallest absolute Gasteiger partial charge is 0.229 e. The molecule has 0 saturated carbocycles. The number of likely N-dealkylation sites (tertiary alicyclic amines) is 1. The van der Waals surface area contributed by atoms with E-state index >= 15 is 0 Å². The van der Waals surface area contributed by atoms with Crippen LogP contribution < -0.4 is 0 Å². The SMILES string of the molecule is COCCC1(c2noc(C3CCOCC3)n2)CCCN(C(=O)CCc2c(C)noc2C)C1. The Bertz CT molecular complexity index is 885. The van der Waals surface area contributed by atoms with Crippen LogP contribution in [0.3, 0.4) is 0 Å². The predicted octanol–water partition coefficient (Wildman–Crippen LogP) is 3.10. The van der Waals surface area contributed by atoms with Gasteiger partial charge in [0.2, 0.25) is 11.8 Å². The average Bonchev–Trinajstić information content (AvgIpc) is 3.44. The van der Waals surface area contributed by atoms with Crippen molar-refractivity contribution >= 4 is 5.91 Å². The quantitative estimate of drug-likeness (QED) is 0.609. The lowest BCUT2D eigenvalue weighted by atomic mass is 9.76. The molecule has 9 heteroatoms. The molecule has 2 aliphatic rings. The van der Waals surface area contributed by atoms with E-state index in [1.807, 2.05) is 18.7 Å². The van der Waals surface area contributed by atoms with Crippen LogP contribution in [-0.4, -0.2) is 66.1 Å². The van der Waals surface area contributed by atoms with Gasteiger partial charge in [0.15, 0.2) is 5.82 Å². The second-order valence-corrected chi connectivity index (χ2v) is 9.09. The molecule has 2 fully saturated rings. The van der Waals surface area contributed by atoms with E-state index in [1.165, 1.54) is 0 Å². The maximum absolute atomic E-state index is 13.1. The number of carbonyl (C=O) groups is 1. The summed E-state index contributed by atoms with van der Waals surface area (Å²) >= 11 is 0. The highest BCUT2D eigenvalue weighted by Gasteiger charge is 2.42. The fraction of sp³-hybridized carbons (Fsp3) is 0.739. The standard InChI is InChI=1S/C23H34N4O5/c1-16-19(17(2)31-25-16)5-6-20(28)27-11-4-9-23(15-27,10-14-29-3)22-24-21(32-26-22)18-7-12-30-13-8-18/h18H,4-15H2,1-3H3. The molecule has 32 heavy (non-hydrogen) atoms. The molecule has 0 aromatic carbocycles. The van der Waals surface area contributed by atoms with E-state index in [9.17, 15) is 4.79 Å². The van der Waals surface area contributed by atoms with Gasteiger partial charge in [0.25, 0.3) is 0 Å². The van der Waals surface area contributed by atoms with E-state index in [4.69, 9.17) is 23.5 Å². The molecule has 0 N–H and O–H groups in total. The lowest BCUT2D eigenvalue weighted by molar-refractivity contribution is -0.133. The number of amides is 1. The van der Waals surface area contributed by atoms with E-state index in [1.54, 1.807) is 7.11 Å². The van der Waals surface area contributed by atoms with Crippen LogP contribution in [0.4, 0.5) is 0 Å². The first-order valence-electron chi connectivity index (χ1n) is 11.6. The molecule has 1 atom stereocenters. The molecule has 1 amide bonds. The first kappa shape index (κ1) is 22.9. The van der Waals surface area contributed by atoms with Gasteiger partial charge in [-0.15, -0.1) is 0 Å². The van der Waals surface area contributed by atoms with Crippen molar-refractivity contribution in [2.75, 3.05) is 40.0 Å². The van der Waals surface area contributed by atoms with Gasteiger partial charge in [-0.3, -0.25) is 4.79 Å². The molecule has 176 valence electrons. The van der Waals surface area contributed by atoms with Gasteiger partial charge in [0.05, 0.1) is 11.1 Å². The van der Waals surface area contributed by atoms with Gasteiger partial charge in [-0.25, -0.2) is 0 Å². The lowest BCUT2D eigenvalue weighted by Gasteiger charge is -2.41. The highest BCUT2D eigenvalue weighted by molar-refractivity contribution is 5.76. The van der Waals surface area contributed by atoms with Crippen LogP contribution in [0.2, 0.25) is 0 Å². The molecule has 2 aliphatic heterocycles. The van der Waals surface area contributed by atoms with Crippen molar-refractivity contribution in [3.63, 3.8) is 0 Å². The predicted molar refractivity (Wildman–Crippen MR) is 115 cm³/mol. The summed E-state index contributed by atoms with van der Waals surface area (Å²) < 4.78 is 21.8. The summed E-state index contributed by atoms with van der Waals surface area (Å²) in [6, 6.07) is 0. The zero-order chi connectivity index (χ0) is 22.6. The zero-order valence-corrected chi connectivity index (χ0v) is 19.4. The second-order valence-electron chi connectivity index (χ2n) is 9.09. The minimum absolute atomic E-state index is 0.139. The zero-order valence-electron chi connectivity index (χ0n) is 19.4. The Labute approximate surface area is 188 Å². The highest BCUT2D eigenvalue weighted by atomic mass is 16.5. The minimum Gasteiger partial charge on any atom is -0.385 e. The molecule has 0 bridgehead atoms. The Morgan fingerprint density at radius 1 is 1.22 bits per heavy atom. The van der Waals surface area contributed by atoms with Crippen LogP contribution in [-0.2, 0) is 26.1 Å². The molecule has 4 rings (SSSR count). The van der Waals surface area contributed by atoms with E-state index in [0.29, 0.717) is 37.7 Å². The van der Waals surface area contributed by atoms with E-state index in [2.05, 4.69) is 10.3 Å². The lowest BCUT2D eigenvalue weighted by Crippen LogP contribution is -2.49. The van der Waals surface area contributed by atoms with Crippen LogP contribution in [0.1, 0.15) is 73.2 Å². The molecular formula is C23H34N4O5. The Morgan fingerprint density at radius 2 is 2.03 bits per heavy atom. The number of methoxy groups -OCH3 is 1. The number of aromatic nitrogens is 3. The van der Waals surface area contributed by atoms with Gasteiger partial charge in [0, 0.05) is 57.9 Å². The van der Waals surface area contributed by atoms with Crippen molar-refractivity contribution in [3.8, 4) is 0 Å². The third kappa shape index (κ3) is 4.88. The Hall–Kier alpha value is -2.26. The van der Waals surface area contributed by atoms with Crippen molar-refractivity contribution in [1.29, 1.82) is 0 Å². The van der Waals surface area contributed by atoms with Gasteiger partial charge in [-0.2, -0.15) is 4.98 Å². The van der Waals surface area contributed by atoms with Gasteiger partial charge in [-0.05, 0) is 52.4 Å². The first-order chi connectivity index (χ1) is 15.5. The van der Waals surface area contributed by atoms with Crippen molar-refractivity contribution in [2.45, 2.75) is 70.1 Å². The van der Waals surface area contributed by atoms with Gasteiger partial charge in [0.1, 0.15) is 5.76 Å². The normalized spacial score (nSPS) is 22.4. The van der Waals surface area contributed by atoms with Gasteiger partial charge >= 0.3 is 0 Å². The molecule has 2 aromatic heterocycles. The first-order valence-corrected chi connectivity index (χ1v) is 11.6. The second kappa shape index (κ2) is 10.1. The monoisotopic (exact) mass is 446 g/mol. The third-order valence-corrected chi connectivity index (χ3v) is 6.97. The van der Waals surface area contributed by atoms with Gasteiger partial charge < -0.3 is 23.4 Å². The molecular weight excluding hydrogens is 412 g/mol. The number of piperidine rings is 1. The van der Waals surface area contributed by atoms with Crippen LogP contribution in [0.15, 0.2) is 9.05 Å². The third-order valence-electron chi connectivity index (χ3n) is 6.97. The van der Waals surface area contributed by atoms with Crippen LogP contribution in [0.25, 0.3) is 0 Å². The number of hydrogen-bond donors (Lipinski definition) is 0. The Balaban J connectivity index is 1.48. The summed E-state index contributed by atoms with van der Waals surface area (Å²) in [6.07, 6.45) is 5.45. The molecule has 2 aromatic rings. The maximum Gasteiger partial charge on any atom is 0.229 e. The molecule has 9 nitrogen and oxygen atoms in total. The molecule has 4 heterocycles. The number of carbonyl (C=O) groups excluding carboxylic acids is 1. The summed E-state index contributed by atoms with van der Waals surface area (Å²) in [7, 11) is 1.70. The van der Waals surface area contributed by atoms with Crippen molar-refractivity contribution in [1.82, 2.24) is 20.2 Å². The summed E-state index contributed by atoms with van der Waals surface area (Å²) in [5.41, 5.74) is 1.54. The van der Waals surface area contributed by atoms with Crippen LogP contribution in [0.5, 0.6) is 0 Å². The average molecular weight is 447 g/mol. The summed E-state index contributed by atoms with van der Waals surface area (Å²) in [5, 5.41) is 8.40. The highest BCUT2D eigenvalue weighted by Crippen LogP contribution is 2.37. The largest absolute Gasteiger partial charge is 0.385 e. The number of rotatable bonds is 8. The summed E-state index contributed by atoms with van der Waals surface area (Å²) in [4.78, 5) is 19.9. The van der Waals surface area contributed by atoms with Crippen LogP contribution in [0, 0.1) is 13.8 Å². The Kier molecular flexibility index (Phi) is 7.25.